The Morgan fingerprint density at radius 2 is 2.33 bits per heavy atom. The lowest BCUT2D eigenvalue weighted by Gasteiger charge is -2.44. The highest BCUT2D eigenvalue weighted by Gasteiger charge is 2.45. The van der Waals surface area contributed by atoms with Gasteiger partial charge in [-0.05, 0) is 37.1 Å². The molecule has 9 heavy (non-hydrogen) atoms. The lowest BCUT2D eigenvalue weighted by Crippen LogP contribution is -2.39. The molecule has 0 amide bonds. The molecule has 1 spiro atoms. The van der Waals surface area contributed by atoms with Crippen LogP contribution in [0.1, 0.15) is 26.2 Å². The molecule has 1 aliphatic carbocycles. The number of rotatable bonds is 0. The zero-order valence-corrected chi connectivity index (χ0v) is 6.11. The molecule has 1 saturated heterocycles. The highest BCUT2D eigenvalue weighted by Crippen LogP contribution is 2.50. The number of hydrogen-bond acceptors (Lipinski definition) is 1. The van der Waals surface area contributed by atoms with Crippen LogP contribution in [0, 0.1) is 11.3 Å². The molecule has 1 saturated carbocycles. The van der Waals surface area contributed by atoms with E-state index in [-0.39, 0.29) is 0 Å². The van der Waals surface area contributed by atoms with Crippen LogP contribution in [0.4, 0.5) is 0 Å². The van der Waals surface area contributed by atoms with Gasteiger partial charge in [0.25, 0.3) is 0 Å². The second-order valence-electron chi connectivity index (χ2n) is 3.73. The molecule has 0 bridgehead atoms. The third kappa shape index (κ3) is 0.644. The summed E-state index contributed by atoms with van der Waals surface area (Å²) >= 11 is 0. The second kappa shape index (κ2) is 1.72. The Labute approximate surface area is 56.8 Å². The average Bonchev–Trinajstić information content (AvgIpc) is 2.34. The van der Waals surface area contributed by atoms with Crippen LogP contribution in [0.25, 0.3) is 0 Å². The molecule has 0 aromatic rings. The predicted molar refractivity (Wildman–Crippen MR) is 38.3 cm³/mol. The molecule has 1 nitrogen and oxygen atoms in total. The topological polar surface area (TPSA) is 12.0 Å². The number of nitrogens with one attached hydrogen (secondary N) is 1. The van der Waals surface area contributed by atoms with Gasteiger partial charge in [-0.15, -0.1) is 0 Å². The van der Waals surface area contributed by atoms with E-state index in [1.807, 2.05) is 0 Å². The van der Waals surface area contributed by atoms with Crippen molar-refractivity contribution in [1.29, 1.82) is 0 Å². The van der Waals surface area contributed by atoms with E-state index in [2.05, 4.69) is 12.2 Å². The lowest BCUT2D eigenvalue weighted by molar-refractivity contribution is 0.0676. The van der Waals surface area contributed by atoms with E-state index >= 15 is 0 Å². The molecular weight excluding hydrogens is 110 g/mol. The molecule has 0 aromatic carbocycles. The Balaban J connectivity index is 2.06. The zero-order valence-electron chi connectivity index (χ0n) is 6.11. The van der Waals surface area contributed by atoms with Crippen molar-refractivity contribution in [1.82, 2.24) is 5.32 Å². The van der Waals surface area contributed by atoms with Crippen LogP contribution < -0.4 is 5.32 Å². The van der Waals surface area contributed by atoms with E-state index < -0.39 is 0 Å². The molecule has 0 radical (unpaired) electrons. The minimum atomic E-state index is 0.764. The van der Waals surface area contributed by atoms with Gasteiger partial charge in [-0.1, -0.05) is 6.92 Å². The van der Waals surface area contributed by atoms with Crippen molar-refractivity contribution in [3.05, 3.63) is 0 Å². The van der Waals surface area contributed by atoms with E-state index in [1.165, 1.54) is 32.4 Å². The van der Waals surface area contributed by atoms with Gasteiger partial charge in [0.1, 0.15) is 0 Å². The first-order valence-corrected chi connectivity index (χ1v) is 4.04. The summed E-state index contributed by atoms with van der Waals surface area (Å²) < 4.78 is 0. The maximum absolute atomic E-state index is 3.45. The molecule has 1 N–H and O–H groups in total. The van der Waals surface area contributed by atoms with E-state index in [0.29, 0.717) is 0 Å². The van der Waals surface area contributed by atoms with Crippen molar-refractivity contribution in [2.75, 3.05) is 13.1 Å². The summed E-state index contributed by atoms with van der Waals surface area (Å²) in [5.74, 6) is 1.01. The molecule has 2 rings (SSSR count). The van der Waals surface area contributed by atoms with Gasteiger partial charge in [-0.3, -0.25) is 0 Å². The largest absolute Gasteiger partial charge is 0.316 e. The first kappa shape index (κ1) is 5.72. The van der Waals surface area contributed by atoms with Crippen LogP contribution >= 0.6 is 0 Å². The Bertz CT molecular complexity index is 114. The zero-order chi connectivity index (χ0) is 6.32. The van der Waals surface area contributed by atoms with Gasteiger partial charge < -0.3 is 5.32 Å². The van der Waals surface area contributed by atoms with Crippen molar-refractivity contribution in [3.63, 3.8) is 0 Å². The van der Waals surface area contributed by atoms with E-state index in [0.717, 1.165) is 11.3 Å². The maximum atomic E-state index is 3.45. The monoisotopic (exact) mass is 125 g/mol. The van der Waals surface area contributed by atoms with E-state index in [1.54, 1.807) is 0 Å². The fourth-order valence-corrected chi connectivity index (χ4v) is 2.24. The van der Waals surface area contributed by atoms with Crippen molar-refractivity contribution >= 4 is 0 Å². The summed E-state index contributed by atoms with van der Waals surface area (Å²) in [6, 6.07) is 0. The summed E-state index contributed by atoms with van der Waals surface area (Å²) in [6.45, 7) is 4.97. The van der Waals surface area contributed by atoms with Crippen molar-refractivity contribution < 1.29 is 0 Å². The van der Waals surface area contributed by atoms with Gasteiger partial charge in [-0.25, -0.2) is 0 Å². The van der Waals surface area contributed by atoms with Crippen molar-refractivity contribution in [2.45, 2.75) is 26.2 Å². The Kier molecular flexibility index (Phi) is 1.10. The second-order valence-corrected chi connectivity index (χ2v) is 3.73. The summed E-state index contributed by atoms with van der Waals surface area (Å²) in [7, 11) is 0. The predicted octanol–water partition coefficient (Wildman–Crippen LogP) is 1.40. The Hall–Kier alpha value is -0.0400. The standard InChI is InChI=1S/C8H15N/c1-7-2-3-8(7)4-5-9-6-8/h7,9H,2-6H2,1H3/t7?,8-/m1/s1. The lowest BCUT2D eigenvalue weighted by atomic mass is 9.60. The maximum Gasteiger partial charge on any atom is 0.00108 e. The van der Waals surface area contributed by atoms with Crippen LogP contribution in [0.5, 0.6) is 0 Å². The summed E-state index contributed by atoms with van der Waals surface area (Å²) in [5.41, 5.74) is 0.764. The van der Waals surface area contributed by atoms with Gasteiger partial charge in [0, 0.05) is 6.54 Å². The molecule has 2 aliphatic rings. The van der Waals surface area contributed by atoms with E-state index in [4.69, 9.17) is 0 Å². The van der Waals surface area contributed by atoms with Gasteiger partial charge >= 0.3 is 0 Å². The van der Waals surface area contributed by atoms with Crippen LogP contribution in [0.15, 0.2) is 0 Å². The molecule has 1 aliphatic heterocycles. The molecule has 1 heteroatoms. The summed E-state index contributed by atoms with van der Waals surface area (Å²) in [6.07, 6.45) is 4.40. The fraction of sp³-hybridized carbons (Fsp3) is 1.00. The quantitative estimate of drug-likeness (QED) is 0.516. The molecular formula is C8H15N. The van der Waals surface area contributed by atoms with Crippen LogP contribution in [-0.2, 0) is 0 Å². The minimum absolute atomic E-state index is 0.764. The van der Waals surface area contributed by atoms with Crippen molar-refractivity contribution in [3.8, 4) is 0 Å². The summed E-state index contributed by atoms with van der Waals surface area (Å²) in [5, 5.41) is 3.45. The molecule has 2 atom stereocenters. The van der Waals surface area contributed by atoms with Crippen molar-refractivity contribution in [2.24, 2.45) is 11.3 Å². The molecule has 1 heterocycles. The third-order valence-corrected chi connectivity index (χ3v) is 3.40. The first-order valence-electron chi connectivity index (χ1n) is 4.04. The van der Waals surface area contributed by atoms with Gasteiger partial charge in [-0.2, -0.15) is 0 Å². The van der Waals surface area contributed by atoms with Gasteiger partial charge in [0.2, 0.25) is 0 Å². The Morgan fingerprint density at radius 3 is 2.56 bits per heavy atom. The first-order chi connectivity index (χ1) is 4.33. The molecule has 52 valence electrons. The normalized spacial score (nSPS) is 49.7. The molecule has 2 fully saturated rings. The fourth-order valence-electron chi connectivity index (χ4n) is 2.24. The smallest absolute Gasteiger partial charge is 0.00108 e. The minimum Gasteiger partial charge on any atom is -0.316 e. The average molecular weight is 125 g/mol. The Morgan fingerprint density at radius 1 is 1.44 bits per heavy atom. The van der Waals surface area contributed by atoms with E-state index in [9.17, 15) is 0 Å². The van der Waals surface area contributed by atoms with Crippen LogP contribution in [-0.4, -0.2) is 13.1 Å². The third-order valence-electron chi connectivity index (χ3n) is 3.40. The molecule has 0 aromatic heterocycles. The van der Waals surface area contributed by atoms with Gasteiger partial charge in [0.15, 0.2) is 0 Å². The number of hydrogen-bond donors (Lipinski definition) is 1. The van der Waals surface area contributed by atoms with Crippen LogP contribution in [0.3, 0.4) is 0 Å². The summed E-state index contributed by atoms with van der Waals surface area (Å²) in [4.78, 5) is 0. The van der Waals surface area contributed by atoms with Gasteiger partial charge in [0.05, 0.1) is 0 Å². The van der Waals surface area contributed by atoms with Crippen LogP contribution in [0.2, 0.25) is 0 Å². The molecule has 1 unspecified atom stereocenters. The highest BCUT2D eigenvalue weighted by molar-refractivity contribution is 4.98. The SMILES string of the molecule is CC1CC[C@]12CCNC2. The highest BCUT2D eigenvalue weighted by atomic mass is 14.9.